The number of aryl methyl sites for hydroxylation is 1. The van der Waals surface area contributed by atoms with Crippen LogP contribution in [0.2, 0.25) is 0 Å². The molecule has 10 heteroatoms. The van der Waals surface area contributed by atoms with Gasteiger partial charge in [-0.1, -0.05) is 48.0 Å². The maximum atomic E-state index is 13.4. The molecule has 0 unspecified atom stereocenters. The van der Waals surface area contributed by atoms with Crippen LogP contribution in [0.15, 0.2) is 76.7 Å². The third-order valence-corrected chi connectivity index (χ3v) is 7.11. The fourth-order valence-electron chi connectivity index (χ4n) is 3.47. The van der Waals surface area contributed by atoms with Gasteiger partial charge < -0.3 is 14.2 Å². The number of nitrogens with one attached hydrogen (secondary N) is 1. The van der Waals surface area contributed by atoms with E-state index in [1.807, 2.05) is 25.1 Å². The van der Waals surface area contributed by atoms with E-state index in [2.05, 4.69) is 10.5 Å². The number of methoxy groups -OCH3 is 3. The molecule has 0 spiro atoms. The summed E-state index contributed by atoms with van der Waals surface area (Å²) in [7, 11) is 0.527. The SMILES string of the molecule is COc1ccc(/C=N\NC(=O)CN(Cc2ccccc2)S(=O)(=O)c2ccc(C)cc2)c(OC)c1OC. The number of hydrazone groups is 1. The van der Waals surface area contributed by atoms with Crippen LogP contribution in [0.1, 0.15) is 16.7 Å². The zero-order valence-electron chi connectivity index (χ0n) is 20.6. The molecule has 0 saturated heterocycles. The van der Waals surface area contributed by atoms with Gasteiger partial charge in [0.15, 0.2) is 11.5 Å². The normalized spacial score (nSPS) is 11.5. The summed E-state index contributed by atoms with van der Waals surface area (Å²) in [6.45, 7) is 1.47. The lowest BCUT2D eigenvalue weighted by Gasteiger charge is -2.21. The van der Waals surface area contributed by atoms with Crippen molar-refractivity contribution >= 4 is 22.1 Å². The van der Waals surface area contributed by atoms with Crippen LogP contribution in [0.3, 0.4) is 0 Å². The van der Waals surface area contributed by atoms with E-state index in [1.165, 1.54) is 39.7 Å². The highest BCUT2D eigenvalue weighted by atomic mass is 32.2. The lowest BCUT2D eigenvalue weighted by molar-refractivity contribution is -0.121. The topological polar surface area (TPSA) is 107 Å². The molecule has 1 amide bonds. The molecule has 9 nitrogen and oxygen atoms in total. The molecule has 0 radical (unpaired) electrons. The van der Waals surface area contributed by atoms with E-state index in [0.717, 1.165) is 15.4 Å². The van der Waals surface area contributed by atoms with Crippen molar-refractivity contribution in [1.29, 1.82) is 0 Å². The van der Waals surface area contributed by atoms with Gasteiger partial charge in [-0.3, -0.25) is 4.79 Å². The van der Waals surface area contributed by atoms with Crippen LogP contribution in [-0.2, 0) is 21.4 Å². The van der Waals surface area contributed by atoms with Crippen LogP contribution in [-0.4, -0.2) is 52.7 Å². The van der Waals surface area contributed by atoms with E-state index < -0.39 is 22.5 Å². The standard InChI is InChI=1S/C26H29N3O6S/c1-19-10-13-22(14-11-19)36(31,32)29(17-20-8-6-5-7-9-20)18-24(30)28-27-16-21-12-15-23(33-2)26(35-4)25(21)34-3/h5-16H,17-18H2,1-4H3,(H,28,30)/b27-16-. The summed E-state index contributed by atoms with van der Waals surface area (Å²) in [5.74, 6) is 0.640. The van der Waals surface area contributed by atoms with Gasteiger partial charge in [-0.05, 0) is 36.8 Å². The highest BCUT2D eigenvalue weighted by molar-refractivity contribution is 7.89. The molecule has 0 heterocycles. The van der Waals surface area contributed by atoms with Crippen LogP contribution < -0.4 is 19.6 Å². The van der Waals surface area contributed by atoms with Crippen LogP contribution in [0.25, 0.3) is 0 Å². The summed E-state index contributed by atoms with van der Waals surface area (Å²) < 4.78 is 43.9. The average Bonchev–Trinajstić information content (AvgIpc) is 2.88. The van der Waals surface area contributed by atoms with Gasteiger partial charge >= 0.3 is 0 Å². The predicted octanol–water partition coefficient (Wildman–Crippen LogP) is 3.36. The summed E-state index contributed by atoms with van der Waals surface area (Å²) in [6.07, 6.45) is 1.38. The Morgan fingerprint density at radius 3 is 2.19 bits per heavy atom. The Morgan fingerprint density at radius 2 is 1.58 bits per heavy atom. The molecule has 0 aliphatic carbocycles. The minimum Gasteiger partial charge on any atom is -0.493 e. The predicted molar refractivity (Wildman–Crippen MR) is 137 cm³/mol. The Labute approximate surface area is 211 Å². The van der Waals surface area contributed by atoms with Crippen molar-refractivity contribution in [2.24, 2.45) is 5.10 Å². The number of carbonyl (C=O) groups is 1. The Hall–Kier alpha value is -3.89. The molecule has 0 saturated carbocycles. The quantitative estimate of drug-likeness (QED) is 0.313. The van der Waals surface area contributed by atoms with Crippen molar-refractivity contribution in [3.8, 4) is 17.2 Å². The van der Waals surface area contributed by atoms with E-state index in [1.54, 1.807) is 36.4 Å². The zero-order valence-corrected chi connectivity index (χ0v) is 21.4. The molecule has 3 aromatic carbocycles. The number of hydrogen-bond donors (Lipinski definition) is 1. The van der Waals surface area contributed by atoms with Crippen LogP contribution in [0, 0.1) is 6.92 Å². The minimum absolute atomic E-state index is 0.0255. The molecule has 0 atom stereocenters. The van der Waals surface area contributed by atoms with Crippen molar-refractivity contribution < 1.29 is 27.4 Å². The Balaban J connectivity index is 1.80. The Kier molecular flexibility index (Phi) is 9.04. The molecule has 3 aromatic rings. The second-order valence-corrected chi connectivity index (χ2v) is 9.73. The van der Waals surface area contributed by atoms with E-state index in [-0.39, 0.29) is 11.4 Å². The summed E-state index contributed by atoms with van der Waals surface area (Å²) in [5.41, 5.74) is 4.61. The first-order valence-electron chi connectivity index (χ1n) is 11.0. The van der Waals surface area contributed by atoms with Crippen LogP contribution in [0.5, 0.6) is 17.2 Å². The van der Waals surface area contributed by atoms with Crippen molar-refractivity contribution in [1.82, 2.24) is 9.73 Å². The van der Waals surface area contributed by atoms with Gasteiger partial charge in [0.25, 0.3) is 5.91 Å². The molecule has 0 aliphatic heterocycles. The largest absolute Gasteiger partial charge is 0.493 e. The fourth-order valence-corrected chi connectivity index (χ4v) is 4.85. The summed E-state index contributed by atoms with van der Waals surface area (Å²) in [5, 5.41) is 3.99. The smallest absolute Gasteiger partial charge is 0.255 e. The maximum absolute atomic E-state index is 13.4. The lowest BCUT2D eigenvalue weighted by Crippen LogP contribution is -2.39. The number of benzene rings is 3. The van der Waals surface area contributed by atoms with Crippen molar-refractivity contribution in [3.05, 3.63) is 83.4 Å². The first-order chi connectivity index (χ1) is 17.3. The second-order valence-electron chi connectivity index (χ2n) is 7.79. The van der Waals surface area contributed by atoms with Crippen molar-refractivity contribution in [2.75, 3.05) is 27.9 Å². The summed E-state index contributed by atoms with van der Waals surface area (Å²) >= 11 is 0. The first kappa shape index (κ1) is 26.7. The molecule has 36 heavy (non-hydrogen) atoms. The lowest BCUT2D eigenvalue weighted by atomic mass is 10.2. The molecular formula is C26H29N3O6S. The van der Waals surface area contributed by atoms with Gasteiger partial charge in [-0.2, -0.15) is 9.41 Å². The molecule has 0 aliphatic rings. The highest BCUT2D eigenvalue weighted by Gasteiger charge is 2.27. The fraction of sp³-hybridized carbons (Fsp3) is 0.231. The summed E-state index contributed by atoms with van der Waals surface area (Å²) in [4.78, 5) is 12.8. The number of hydrogen-bond acceptors (Lipinski definition) is 7. The second kappa shape index (κ2) is 12.2. The molecule has 0 bridgehead atoms. The number of amides is 1. The Bertz CT molecular complexity index is 1310. The van der Waals surface area contributed by atoms with E-state index in [4.69, 9.17) is 14.2 Å². The number of sulfonamides is 1. The van der Waals surface area contributed by atoms with Crippen LogP contribution in [0.4, 0.5) is 0 Å². The average molecular weight is 512 g/mol. The van der Waals surface area contributed by atoms with Crippen LogP contribution >= 0.6 is 0 Å². The molecular weight excluding hydrogens is 482 g/mol. The first-order valence-corrected chi connectivity index (χ1v) is 12.5. The molecule has 1 N–H and O–H groups in total. The van der Waals surface area contributed by atoms with Gasteiger partial charge in [-0.15, -0.1) is 0 Å². The van der Waals surface area contributed by atoms with Gasteiger partial charge in [0, 0.05) is 12.1 Å². The number of rotatable bonds is 11. The van der Waals surface area contributed by atoms with E-state index in [9.17, 15) is 13.2 Å². The molecule has 190 valence electrons. The number of ether oxygens (including phenoxy) is 3. The third kappa shape index (κ3) is 6.41. The molecule has 3 rings (SSSR count). The Morgan fingerprint density at radius 1 is 0.917 bits per heavy atom. The number of carbonyl (C=O) groups excluding carboxylic acids is 1. The summed E-state index contributed by atoms with van der Waals surface area (Å²) in [6, 6.07) is 18.9. The van der Waals surface area contributed by atoms with E-state index >= 15 is 0 Å². The van der Waals surface area contributed by atoms with E-state index in [0.29, 0.717) is 22.8 Å². The monoisotopic (exact) mass is 511 g/mol. The van der Waals surface area contributed by atoms with Crippen molar-refractivity contribution in [3.63, 3.8) is 0 Å². The third-order valence-electron chi connectivity index (χ3n) is 5.31. The maximum Gasteiger partial charge on any atom is 0.255 e. The number of nitrogens with zero attached hydrogens (tertiary/aromatic N) is 2. The zero-order chi connectivity index (χ0) is 26.1. The van der Waals surface area contributed by atoms with Gasteiger partial charge in [0.1, 0.15) is 0 Å². The molecule has 0 aromatic heterocycles. The van der Waals surface area contributed by atoms with Gasteiger partial charge in [0.2, 0.25) is 15.8 Å². The minimum atomic E-state index is -3.95. The van der Waals surface area contributed by atoms with Crippen molar-refractivity contribution in [2.45, 2.75) is 18.4 Å². The highest BCUT2D eigenvalue weighted by Crippen LogP contribution is 2.38. The van der Waals surface area contributed by atoms with Gasteiger partial charge in [-0.25, -0.2) is 13.8 Å². The van der Waals surface area contributed by atoms with Gasteiger partial charge in [0.05, 0.1) is 39.0 Å². The molecule has 0 fully saturated rings.